The molecule has 0 fully saturated rings. The number of guanidine groups is 1. The second-order valence-electron chi connectivity index (χ2n) is 5.58. The first-order valence-electron chi connectivity index (χ1n) is 8.64. The lowest BCUT2D eigenvalue weighted by Gasteiger charge is -2.11. The van der Waals surface area contributed by atoms with Crippen LogP contribution in [0.2, 0.25) is 0 Å². The van der Waals surface area contributed by atoms with Crippen molar-refractivity contribution in [1.82, 2.24) is 16.0 Å². The van der Waals surface area contributed by atoms with Crippen molar-refractivity contribution in [2.45, 2.75) is 33.4 Å². The van der Waals surface area contributed by atoms with Crippen LogP contribution in [0.5, 0.6) is 0 Å². The summed E-state index contributed by atoms with van der Waals surface area (Å²) in [5.41, 5.74) is 1.69. The summed E-state index contributed by atoms with van der Waals surface area (Å²) in [6.07, 6.45) is 0.928. The number of carbonyl (C=O) groups is 1. The van der Waals surface area contributed by atoms with Crippen LogP contribution in [0.3, 0.4) is 0 Å². The van der Waals surface area contributed by atoms with Gasteiger partial charge in [-0.25, -0.2) is 4.99 Å². The summed E-state index contributed by atoms with van der Waals surface area (Å²) in [7, 11) is 0. The van der Waals surface area contributed by atoms with Crippen molar-refractivity contribution in [2.24, 2.45) is 4.99 Å². The van der Waals surface area contributed by atoms with Crippen molar-refractivity contribution in [2.75, 3.05) is 13.1 Å². The van der Waals surface area contributed by atoms with Gasteiger partial charge in [-0.2, -0.15) is 0 Å². The molecule has 0 radical (unpaired) electrons. The minimum Gasteiger partial charge on any atom is -0.357 e. The van der Waals surface area contributed by atoms with E-state index in [2.05, 4.69) is 32.4 Å². The van der Waals surface area contributed by atoms with Gasteiger partial charge in [-0.1, -0.05) is 25.1 Å². The Kier molecular flexibility index (Phi) is 7.98. The summed E-state index contributed by atoms with van der Waals surface area (Å²) in [4.78, 5) is 17.9. The Balaban J connectivity index is 1.97. The highest BCUT2D eigenvalue weighted by molar-refractivity contribution is 7.09. The molecule has 6 heteroatoms. The fourth-order valence-corrected chi connectivity index (χ4v) is 2.89. The minimum atomic E-state index is -0.0320. The van der Waals surface area contributed by atoms with Crippen molar-refractivity contribution in [1.29, 1.82) is 0 Å². The molecule has 1 aromatic heterocycles. The van der Waals surface area contributed by atoms with Gasteiger partial charge < -0.3 is 16.0 Å². The average Bonchev–Trinajstić information content (AvgIpc) is 3.16. The van der Waals surface area contributed by atoms with E-state index in [0.29, 0.717) is 18.7 Å². The monoisotopic (exact) mass is 358 g/mol. The number of carbonyl (C=O) groups excluding carboxylic acids is 1. The highest BCUT2D eigenvalue weighted by Crippen LogP contribution is 2.08. The van der Waals surface area contributed by atoms with Crippen LogP contribution >= 0.6 is 11.3 Å². The normalized spacial score (nSPS) is 11.2. The summed E-state index contributed by atoms with van der Waals surface area (Å²) in [6, 6.07) is 11.8. The van der Waals surface area contributed by atoms with Gasteiger partial charge >= 0.3 is 0 Å². The molecule has 1 aromatic carbocycles. The van der Waals surface area contributed by atoms with Crippen molar-refractivity contribution >= 4 is 23.2 Å². The van der Waals surface area contributed by atoms with E-state index in [9.17, 15) is 4.79 Å². The Morgan fingerprint density at radius 1 is 1.12 bits per heavy atom. The molecule has 0 atom stereocenters. The predicted molar refractivity (Wildman–Crippen MR) is 105 cm³/mol. The molecule has 0 aliphatic carbocycles. The second-order valence-corrected chi connectivity index (χ2v) is 6.62. The third-order valence-electron chi connectivity index (χ3n) is 3.50. The molecule has 25 heavy (non-hydrogen) atoms. The average molecular weight is 359 g/mol. The van der Waals surface area contributed by atoms with E-state index in [4.69, 9.17) is 0 Å². The van der Waals surface area contributed by atoms with Crippen LogP contribution in [0.15, 0.2) is 46.8 Å². The molecule has 0 aliphatic rings. The van der Waals surface area contributed by atoms with E-state index in [1.54, 1.807) is 11.3 Å². The maximum Gasteiger partial charge on any atom is 0.251 e. The third kappa shape index (κ3) is 6.58. The van der Waals surface area contributed by atoms with E-state index in [-0.39, 0.29) is 5.91 Å². The van der Waals surface area contributed by atoms with Crippen molar-refractivity contribution in [3.05, 3.63) is 57.8 Å². The van der Waals surface area contributed by atoms with Gasteiger partial charge in [0.25, 0.3) is 5.91 Å². The van der Waals surface area contributed by atoms with Gasteiger partial charge in [0.2, 0.25) is 0 Å². The maximum atomic E-state index is 12.1. The van der Waals surface area contributed by atoms with E-state index in [1.165, 1.54) is 4.88 Å². The molecule has 0 spiro atoms. The zero-order valence-electron chi connectivity index (χ0n) is 14.8. The summed E-state index contributed by atoms with van der Waals surface area (Å²) in [5.74, 6) is 0.743. The minimum absolute atomic E-state index is 0.0320. The Morgan fingerprint density at radius 3 is 2.72 bits per heavy atom. The molecule has 1 heterocycles. The summed E-state index contributed by atoms with van der Waals surface area (Å²) < 4.78 is 0. The number of hydrogen-bond acceptors (Lipinski definition) is 3. The second kappa shape index (κ2) is 10.5. The highest BCUT2D eigenvalue weighted by Gasteiger charge is 2.05. The Morgan fingerprint density at radius 2 is 2.00 bits per heavy atom. The Labute approximate surface area is 153 Å². The van der Waals surface area contributed by atoms with E-state index in [1.807, 2.05) is 44.2 Å². The number of thiophene rings is 1. The number of rotatable bonds is 8. The predicted octanol–water partition coefficient (Wildman–Crippen LogP) is 3.14. The lowest BCUT2D eigenvalue weighted by molar-refractivity contribution is 0.0953. The molecular formula is C19H26N4OS. The maximum absolute atomic E-state index is 12.1. The summed E-state index contributed by atoms with van der Waals surface area (Å²) in [5, 5.41) is 11.5. The van der Waals surface area contributed by atoms with E-state index < -0.39 is 0 Å². The Bertz CT molecular complexity index is 682. The van der Waals surface area contributed by atoms with Crippen LogP contribution in [-0.2, 0) is 13.1 Å². The largest absolute Gasteiger partial charge is 0.357 e. The quantitative estimate of drug-likeness (QED) is 0.502. The summed E-state index contributed by atoms with van der Waals surface area (Å²) in [6.45, 7) is 6.85. The van der Waals surface area contributed by atoms with Gasteiger partial charge in [-0.15, -0.1) is 11.3 Å². The molecule has 5 nitrogen and oxygen atoms in total. The third-order valence-corrected chi connectivity index (χ3v) is 4.38. The standard InChI is InChI=1S/C19H26N4OS/c1-3-10-21-18(24)16-8-5-7-15(12-16)13-22-19(20-4-2)23-14-17-9-6-11-25-17/h5-9,11-12H,3-4,10,13-14H2,1-2H3,(H,21,24)(H2,20,22,23). The number of nitrogens with zero attached hydrogens (tertiary/aromatic N) is 1. The molecule has 0 aliphatic heterocycles. The van der Waals surface area contributed by atoms with Crippen LogP contribution in [0, 0.1) is 0 Å². The molecule has 2 aromatic rings. The Hall–Kier alpha value is -2.34. The zero-order chi connectivity index (χ0) is 17.9. The molecule has 0 saturated carbocycles. The number of nitrogens with one attached hydrogen (secondary N) is 3. The van der Waals surface area contributed by atoms with Crippen molar-refractivity contribution in [3.63, 3.8) is 0 Å². The van der Waals surface area contributed by atoms with Gasteiger partial charge in [-0.3, -0.25) is 4.79 Å². The molecule has 134 valence electrons. The number of amides is 1. The topological polar surface area (TPSA) is 65.5 Å². The van der Waals surface area contributed by atoms with Crippen LogP contribution in [-0.4, -0.2) is 25.0 Å². The van der Waals surface area contributed by atoms with E-state index >= 15 is 0 Å². The lowest BCUT2D eigenvalue weighted by atomic mass is 10.1. The number of hydrogen-bond donors (Lipinski definition) is 3. The van der Waals surface area contributed by atoms with Crippen LogP contribution in [0.1, 0.15) is 41.1 Å². The molecule has 0 bridgehead atoms. The lowest BCUT2D eigenvalue weighted by Crippen LogP contribution is -2.36. The smallest absolute Gasteiger partial charge is 0.251 e. The van der Waals surface area contributed by atoms with Crippen LogP contribution < -0.4 is 16.0 Å². The molecule has 1 amide bonds. The molecule has 3 N–H and O–H groups in total. The van der Waals surface area contributed by atoms with Crippen molar-refractivity contribution < 1.29 is 4.79 Å². The number of aliphatic imine (C=N–C) groups is 1. The SMILES string of the molecule is CCCNC(=O)c1cccc(CN=C(NCC)NCc2cccs2)c1. The van der Waals surface area contributed by atoms with Gasteiger partial charge in [0.1, 0.15) is 0 Å². The van der Waals surface area contributed by atoms with E-state index in [0.717, 1.165) is 31.0 Å². The van der Waals surface area contributed by atoms with Crippen LogP contribution in [0.4, 0.5) is 0 Å². The molecular weight excluding hydrogens is 332 g/mol. The highest BCUT2D eigenvalue weighted by atomic mass is 32.1. The van der Waals surface area contributed by atoms with Gasteiger partial charge in [0.15, 0.2) is 5.96 Å². The fraction of sp³-hybridized carbons (Fsp3) is 0.368. The molecule has 0 saturated heterocycles. The molecule has 2 rings (SSSR count). The fourth-order valence-electron chi connectivity index (χ4n) is 2.25. The number of benzene rings is 1. The first-order valence-corrected chi connectivity index (χ1v) is 9.52. The summed E-state index contributed by atoms with van der Waals surface area (Å²) >= 11 is 1.72. The zero-order valence-corrected chi connectivity index (χ0v) is 15.7. The van der Waals surface area contributed by atoms with Gasteiger partial charge in [0.05, 0.1) is 13.1 Å². The first-order chi connectivity index (χ1) is 12.2. The van der Waals surface area contributed by atoms with Gasteiger partial charge in [0, 0.05) is 23.5 Å². The van der Waals surface area contributed by atoms with Gasteiger partial charge in [-0.05, 0) is 42.5 Å². The van der Waals surface area contributed by atoms with Crippen molar-refractivity contribution in [3.8, 4) is 0 Å². The molecule has 0 unspecified atom stereocenters. The first kappa shape index (κ1) is 19.0. The van der Waals surface area contributed by atoms with Crippen LogP contribution in [0.25, 0.3) is 0 Å².